The maximum atomic E-state index is 3.70. The normalized spacial score (nSPS) is 11.4. The molecular formula is C42H26Br2. The van der Waals surface area contributed by atoms with E-state index in [1.807, 2.05) is 0 Å². The number of benzene rings is 8. The Morgan fingerprint density at radius 3 is 0.909 bits per heavy atom. The number of hydrogen-bond acceptors (Lipinski definition) is 0. The molecule has 8 rings (SSSR count). The summed E-state index contributed by atoms with van der Waals surface area (Å²) in [4.78, 5) is 0. The van der Waals surface area contributed by atoms with Crippen molar-refractivity contribution in [3.8, 4) is 44.5 Å². The zero-order valence-electron chi connectivity index (χ0n) is 23.8. The zero-order chi connectivity index (χ0) is 29.6. The molecule has 44 heavy (non-hydrogen) atoms. The molecule has 0 atom stereocenters. The van der Waals surface area contributed by atoms with Crippen molar-refractivity contribution >= 4 is 64.2 Å². The predicted molar refractivity (Wildman–Crippen MR) is 196 cm³/mol. The fourth-order valence-corrected chi connectivity index (χ4v) is 7.29. The standard InChI is InChI=1S/C42H26Br2/c43-31-23-19-29(20-24-31)39-37(27-11-3-1-4-12-27)38(28-13-5-2-6-14-28)40(30-21-25-32(44)26-22-30)42-36-18-10-8-16-34(36)33-15-7-9-17-35(33)41(39)42/h1-26H. The summed E-state index contributed by atoms with van der Waals surface area (Å²) in [6.45, 7) is 0. The van der Waals surface area contributed by atoms with Gasteiger partial charge in [-0.05, 0) is 101 Å². The van der Waals surface area contributed by atoms with Crippen LogP contribution in [0.5, 0.6) is 0 Å². The third kappa shape index (κ3) is 4.49. The molecule has 0 radical (unpaired) electrons. The molecule has 0 N–H and O–H groups in total. The molecule has 0 aliphatic rings. The Kier molecular flexibility index (Phi) is 6.90. The van der Waals surface area contributed by atoms with Gasteiger partial charge in [0, 0.05) is 8.95 Å². The van der Waals surface area contributed by atoms with E-state index in [1.165, 1.54) is 76.8 Å². The molecule has 0 amide bonds. The van der Waals surface area contributed by atoms with Crippen LogP contribution in [0.2, 0.25) is 0 Å². The maximum absolute atomic E-state index is 3.70. The molecule has 0 spiro atoms. The first-order valence-electron chi connectivity index (χ1n) is 14.7. The second kappa shape index (κ2) is 11.2. The first-order chi connectivity index (χ1) is 21.7. The maximum Gasteiger partial charge on any atom is 0.0175 e. The molecule has 0 fully saturated rings. The van der Waals surface area contributed by atoms with Gasteiger partial charge in [-0.15, -0.1) is 0 Å². The van der Waals surface area contributed by atoms with E-state index in [-0.39, 0.29) is 0 Å². The Hall–Kier alpha value is -4.50. The van der Waals surface area contributed by atoms with Crippen molar-refractivity contribution in [2.45, 2.75) is 0 Å². The topological polar surface area (TPSA) is 0 Å². The SMILES string of the molecule is Brc1ccc(-c2c(-c3ccccc3)c(-c3ccccc3)c(-c3ccc(Br)cc3)c3c4ccccc4c4ccccc4c23)cc1. The fraction of sp³-hybridized carbons (Fsp3) is 0. The highest BCUT2D eigenvalue weighted by molar-refractivity contribution is 9.10. The lowest BCUT2D eigenvalue weighted by Gasteiger charge is -2.26. The Morgan fingerprint density at radius 1 is 0.250 bits per heavy atom. The summed E-state index contributed by atoms with van der Waals surface area (Å²) in [5, 5.41) is 7.60. The molecule has 8 aromatic rings. The first-order valence-corrected chi connectivity index (χ1v) is 16.3. The van der Waals surface area contributed by atoms with Crippen molar-refractivity contribution in [1.29, 1.82) is 0 Å². The van der Waals surface area contributed by atoms with Gasteiger partial charge in [0.05, 0.1) is 0 Å². The van der Waals surface area contributed by atoms with Gasteiger partial charge in [-0.1, -0.05) is 165 Å². The lowest BCUT2D eigenvalue weighted by molar-refractivity contribution is 1.56. The third-order valence-electron chi connectivity index (χ3n) is 8.57. The van der Waals surface area contributed by atoms with Crippen molar-refractivity contribution in [2.24, 2.45) is 0 Å². The van der Waals surface area contributed by atoms with Gasteiger partial charge in [-0.25, -0.2) is 0 Å². The van der Waals surface area contributed by atoms with Gasteiger partial charge < -0.3 is 0 Å². The molecule has 0 aromatic heterocycles. The third-order valence-corrected chi connectivity index (χ3v) is 9.63. The summed E-state index contributed by atoms with van der Waals surface area (Å²) in [7, 11) is 0. The summed E-state index contributed by atoms with van der Waals surface area (Å²) in [6.07, 6.45) is 0. The van der Waals surface area contributed by atoms with E-state index in [0.29, 0.717) is 0 Å². The average molecular weight is 690 g/mol. The second-order valence-corrected chi connectivity index (χ2v) is 12.9. The van der Waals surface area contributed by atoms with Gasteiger partial charge in [0.25, 0.3) is 0 Å². The van der Waals surface area contributed by atoms with Gasteiger partial charge >= 0.3 is 0 Å². The molecule has 2 heteroatoms. The minimum absolute atomic E-state index is 1.07. The largest absolute Gasteiger partial charge is 0.0622 e. The number of rotatable bonds is 4. The first kappa shape index (κ1) is 27.1. The average Bonchev–Trinajstić information content (AvgIpc) is 3.09. The Labute approximate surface area is 273 Å². The van der Waals surface area contributed by atoms with Crippen LogP contribution in [-0.2, 0) is 0 Å². The van der Waals surface area contributed by atoms with Crippen molar-refractivity contribution in [1.82, 2.24) is 0 Å². The molecule has 8 aromatic carbocycles. The summed E-state index contributed by atoms with van der Waals surface area (Å²) >= 11 is 7.40. The van der Waals surface area contributed by atoms with Crippen LogP contribution in [0.3, 0.4) is 0 Å². The highest BCUT2D eigenvalue weighted by Crippen LogP contribution is 2.54. The fourth-order valence-electron chi connectivity index (χ4n) is 6.76. The minimum Gasteiger partial charge on any atom is -0.0622 e. The van der Waals surface area contributed by atoms with E-state index >= 15 is 0 Å². The Bertz CT molecular complexity index is 2140. The highest BCUT2D eigenvalue weighted by atomic mass is 79.9. The van der Waals surface area contributed by atoms with Gasteiger partial charge in [0.2, 0.25) is 0 Å². The molecule has 0 heterocycles. The van der Waals surface area contributed by atoms with Crippen LogP contribution in [0.25, 0.3) is 76.8 Å². The van der Waals surface area contributed by atoms with E-state index in [1.54, 1.807) is 0 Å². The van der Waals surface area contributed by atoms with Gasteiger partial charge in [-0.3, -0.25) is 0 Å². The zero-order valence-corrected chi connectivity index (χ0v) is 26.9. The van der Waals surface area contributed by atoms with Crippen molar-refractivity contribution in [3.05, 3.63) is 167 Å². The monoisotopic (exact) mass is 688 g/mol. The molecular weight excluding hydrogens is 664 g/mol. The van der Waals surface area contributed by atoms with Gasteiger partial charge in [0.15, 0.2) is 0 Å². The van der Waals surface area contributed by atoms with Crippen LogP contribution in [-0.4, -0.2) is 0 Å². The van der Waals surface area contributed by atoms with Crippen molar-refractivity contribution < 1.29 is 0 Å². The van der Waals surface area contributed by atoms with E-state index < -0.39 is 0 Å². The second-order valence-electron chi connectivity index (χ2n) is 11.1. The van der Waals surface area contributed by atoms with Crippen LogP contribution in [0.15, 0.2) is 167 Å². The lowest BCUT2D eigenvalue weighted by atomic mass is 9.76. The number of hydrogen-bond donors (Lipinski definition) is 0. The van der Waals surface area contributed by atoms with E-state index in [0.717, 1.165) is 8.95 Å². The molecule has 0 saturated carbocycles. The van der Waals surface area contributed by atoms with E-state index in [9.17, 15) is 0 Å². The minimum atomic E-state index is 1.07. The van der Waals surface area contributed by atoms with E-state index in [2.05, 4.69) is 190 Å². The Morgan fingerprint density at radius 2 is 0.545 bits per heavy atom. The molecule has 0 aliphatic heterocycles. The summed E-state index contributed by atoms with van der Waals surface area (Å²) < 4.78 is 2.13. The Balaban J connectivity index is 1.76. The van der Waals surface area contributed by atoms with Crippen molar-refractivity contribution in [2.75, 3.05) is 0 Å². The van der Waals surface area contributed by atoms with Gasteiger partial charge in [-0.2, -0.15) is 0 Å². The predicted octanol–water partition coefficient (Wildman–Crippen LogP) is 13.3. The van der Waals surface area contributed by atoms with Gasteiger partial charge in [0.1, 0.15) is 0 Å². The van der Waals surface area contributed by atoms with Crippen LogP contribution in [0.4, 0.5) is 0 Å². The van der Waals surface area contributed by atoms with Crippen LogP contribution in [0.1, 0.15) is 0 Å². The number of halogens is 2. The van der Waals surface area contributed by atoms with E-state index in [4.69, 9.17) is 0 Å². The van der Waals surface area contributed by atoms with Crippen molar-refractivity contribution in [3.63, 3.8) is 0 Å². The molecule has 208 valence electrons. The molecule has 0 saturated heterocycles. The lowest BCUT2D eigenvalue weighted by Crippen LogP contribution is -1.99. The molecule has 0 unspecified atom stereocenters. The smallest absolute Gasteiger partial charge is 0.0175 e. The summed E-state index contributed by atoms with van der Waals surface area (Å²) in [5.74, 6) is 0. The van der Waals surface area contributed by atoms with Crippen LogP contribution < -0.4 is 0 Å². The quantitative estimate of drug-likeness (QED) is 0.161. The molecule has 0 bridgehead atoms. The van der Waals surface area contributed by atoms with Crippen LogP contribution >= 0.6 is 31.9 Å². The number of fused-ring (bicyclic) bond motifs is 6. The highest BCUT2D eigenvalue weighted by Gasteiger charge is 2.26. The molecule has 0 nitrogen and oxygen atoms in total. The molecule has 0 aliphatic carbocycles. The summed E-state index contributed by atoms with van der Waals surface area (Å²) in [5.41, 5.74) is 9.76. The summed E-state index contributed by atoms with van der Waals surface area (Å²) in [6, 6.07) is 57.3. The van der Waals surface area contributed by atoms with Crippen LogP contribution in [0, 0.1) is 0 Å².